The molecule has 3 N–H and O–H groups in total. The number of nitrogens with one attached hydrogen (secondary N) is 3. The van der Waals surface area contributed by atoms with Crippen LogP contribution in [0.4, 0.5) is 17.6 Å². The van der Waals surface area contributed by atoms with Gasteiger partial charge >= 0.3 is 0 Å². The molecule has 0 saturated heterocycles. The lowest BCUT2D eigenvalue weighted by molar-refractivity contribution is 0.0920. The lowest BCUT2D eigenvalue weighted by Gasteiger charge is -2.34. The number of H-pyrrole nitrogens is 1. The molecule has 2 fully saturated rings. The molecule has 1 amide bonds. The third-order valence-corrected chi connectivity index (χ3v) is 6.24. The number of amides is 1. The molecule has 3 aromatic rings. The number of aryl methyl sites for hydroxylation is 1. The van der Waals surface area contributed by atoms with Gasteiger partial charge in [-0.05, 0) is 44.6 Å². The molecule has 5 rings (SSSR count). The van der Waals surface area contributed by atoms with Gasteiger partial charge in [-0.15, -0.1) is 5.10 Å². The number of hydrogen-bond donors (Lipinski definition) is 3. The second-order valence-corrected chi connectivity index (χ2v) is 8.72. The fourth-order valence-electron chi connectivity index (χ4n) is 4.20. The quantitative estimate of drug-likeness (QED) is 0.514. The highest BCUT2D eigenvalue weighted by Crippen LogP contribution is 2.39. The van der Waals surface area contributed by atoms with Crippen LogP contribution in [0, 0.1) is 0 Å². The highest BCUT2D eigenvalue weighted by Gasteiger charge is 2.27. The van der Waals surface area contributed by atoms with E-state index in [1.807, 2.05) is 13.1 Å². The standard InChI is InChI=1S/C21H28N10O/c1-30-12-17(27-29-30)20(32)23-14-5-7-15(8-6-14)31(2)21-22-10-9-18(25-21)24-19-11-16(26-28-19)13-3-4-13/h9-15H,3-8H2,1-2H3,(H,23,32)(H2,22,24,25,26,28). The lowest BCUT2D eigenvalue weighted by Crippen LogP contribution is -2.43. The minimum absolute atomic E-state index is 0.142. The van der Waals surface area contributed by atoms with Crippen LogP contribution in [0.3, 0.4) is 0 Å². The average molecular weight is 437 g/mol. The van der Waals surface area contributed by atoms with Crippen LogP contribution in [-0.2, 0) is 7.05 Å². The lowest BCUT2D eigenvalue weighted by atomic mass is 9.90. The van der Waals surface area contributed by atoms with Gasteiger partial charge < -0.3 is 15.5 Å². The summed E-state index contributed by atoms with van der Waals surface area (Å²) in [6.45, 7) is 0. The molecule has 2 aliphatic carbocycles. The fraction of sp³-hybridized carbons (Fsp3) is 0.524. The third-order valence-electron chi connectivity index (χ3n) is 6.24. The molecule has 2 aliphatic rings. The van der Waals surface area contributed by atoms with E-state index in [-0.39, 0.29) is 11.9 Å². The molecular formula is C21H28N10O. The maximum Gasteiger partial charge on any atom is 0.273 e. The van der Waals surface area contributed by atoms with Gasteiger partial charge in [-0.1, -0.05) is 5.21 Å². The first-order chi connectivity index (χ1) is 15.5. The van der Waals surface area contributed by atoms with Crippen molar-refractivity contribution < 1.29 is 4.79 Å². The van der Waals surface area contributed by atoms with Gasteiger partial charge in [0.05, 0.1) is 6.20 Å². The number of carbonyl (C=O) groups excluding carboxylic acids is 1. The molecule has 3 heterocycles. The molecule has 11 nitrogen and oxygen atoms in total. The number of rotatable bonds is 7. The highest BCUT2D eigenvalue weighted by molar-refractivity contribution is 5.92. The molecule has 0 aliphatic heterocycles. The summed E-state index contributed by atoms with van der Waals surface area (Å²) in [5, 5.41) is 21.5. The summed E-state index contributed by atoms with van der Waals surface area (Å²) in [4.78, 5) is 23.6. The summed E-state index contributed by atoms with van der Waals surface area (Å²) >= 11 is 0. The van der Waals surface area contributed by atoms with Gasteiger partial charge in [0, 0.05) is 50.1 Å². The highest BCUT2D eigenvalue weighted by atomic mass is 16.2. The van der Waals surface area contributed by atoms with Crippen LogP contribution < -0.4 is 15.5 Å². The van der Waals surface area contributed by atoms with Crippen molar-refractivity contribution in [2.24, 2.45) is 7.05 Å². The largest absolute Gasteiger partial charge is 0.348 e. The van der Waals surface area contributed by atoms with Crippen molar-refractivity contribution in [3.05, 3.63) is 35.9 Å². The number of anilines is 3. The van der Waals surface area contributed by atoms with Crippen LogP contribution in [0.1, 0.15) is 60.6 Å². The molecule has 0 bridgehead atoms. The molecule has 0 atom stereocenters. The zero-order chi connectivity index (χ0) is 22.1. The number of nitrogens with zero attached hydrogens (tertiary/aromatic N) is 7. The molecule has 2 saturated carbocycles. The molecule has 168 valence electrons. The summed E-state index contributed by atoms with van der Waals surface area (Å²) in [5.74, 6) is 2.64. The van der Waals surface area contributed by atoms with Crippen molar-refractivity contribution in [3.8, 4) is 0 Å². The molecule has 32 heavy (non-hydrogen) atoms. The average Bonchev–Trinajstić information content (AvgIpc) is 3.39. The van der Waals surface area contributed by atoms with Gasteiger partial charge in [0.1, 0.15) is 5.82 Å². The molecule has 11 heteroatoms. The Morgan fingerprint density at radius 1 is 1.19 bits per heavy atom. The zero-order valence-electron chi connectivity index (χ0n) is 18.3. The normalized spacial score (nSPS) is 20.7. The topological polar surface area (TPSA) is 130 Å². The first-order valence-electron chi connectivity index (χ1n) is 11.1. The third kappa shape index (κ3) is 4.56. The van der Waals surface area contributed by atoms with E-state index in [4.69, 9.17) is 0 Å². The first kappa shape index (κ1) is 20.4. The maximum atomic E-state index is 12.3. The van der Waals surface area contributed by atoms with E-state index in [1.165, 1.54) is 23.2 Å². The summed E-state index contributed by atoms with van der Waals surface area (Å²) in [5.41, 5.74) is 1.53. The Morgan fingerprint density at radius 3 is 2.72 bits per heavy atom. The van der Waals surface area contributed by atoms with E-state index < -0.39 is 0 Å². The smallest absolute Gasteiger partial charge is 0.273 e. The van der Waals surface area contributed by atoms with Crippen LogP contribution in [0.15, 0.2) is 24.5 Å². The predicted octanol–water partition coefficient (Wildman–Crippen LogP) is 2.13. The van der Waals surface area contributed by atoms with Crippen molar-refractivity contribution in [3.63, 3.8) is 0 Å². The Balaban J connectivity index is 1.15. The Bertz CT molecular complexity index is 1080. The van der Waals surface area contributed by atoms with Gasteiger partial charge in [-0.25, -0.2) is 4.98 Å². The number of aromatic amines is 1. The van der Waals surface area contributed by atoms with E-state index in [9.17, 15) is 4.79 Å². The molecule has 0 spiro atoms. The molecule has 0 radical (unpaired) electrons. The minimum atomic E-state index is -0.166. The molecule has 3 aromatic heterocycles. The van der Waals surface area contributed by atoms with Crippen LogP contribution in [0.2, 0.25) is 0 Å². The zero-order valence-corrected chi connectivity index (χ0v) is 18.3. The van der Waals surface area contributed by atoms with Gasteiger partial charge in [-0.3, -0.25) is 14.6 Å². The molecular weight excluding hydrogens is 408 g/mol. The van der Waals surface area contributed by atoms with Crippen molar-refractivity contribution in [1.29, 1.82) is 0 Å². The van der Waals surface area contributed by atoms with Gasteiger partial charge in [0.2, 0.25) is 5.95 Å². The van der Waals surface area contributed by atoms with E-state index in [0.29, 0.717) is 23.6 Å². The summed E-state index contributed by atoms with van der Waals surface area (Å²) < 4.78 is 1.53. The molecule has 0 unspecified atom stereocenters. The number of carbonyl (C=O) groups is 1. The second kappa shape index (κ2) is 8.56. The SMILES string of the molecule is CN(c1nccc(Nc2cc(C3CC3)[nH]n2)n1)C1CCC(NC(=O)c2cn(C)nn2)CC1. The minimum Gasteiger partial charge on any atom is -0.348 e. The summed E-state index contributed by atoms with van der Waals surface area (Å²) in [6.07, 6.45) is 9.56. The first-order valence-corrected chi connectivity index (χ1v) is 11.1. The summed E-state index contributed by atoms with van der Waals surface area (Å²) in [6, 6.07) is 4.37. The van der Waals surface area contributed by atoms with Crippen LogP contribution in [0.5, 0.6) is 0 Å². The maximum absolute atomic E-state index is 12.3. The van der Waals surface area contributed by atoms with E-state index in [2.05, 4.69) is 52.1 Å². The van der Waals surface area contributed by atoms with Crippen LogP contribution in [0.25, 0.3) is 0 Å². The van der Waals surface area contributed by atoms with Gasteiger partial charge in [0.15, 0.2) is 11.5 Å². The van der Waals surface area contributed by atoms with Crippen LogP contribution >= 0.6 is 0 Å². The van der Waals surface area contributed by atoms with E-state index >= 15 is 0 Å². The van der Waals surface area contributed by atoms with E-state index in [1.54, 1.807) is 19.4 Å². The Kier molecular flexibility index (Phi) is 5.46. The van der Waals surface area contributed by atoms with Crippen molar-refractivity contribution in [2.45, 2.75) is 56.5 Å². The van der Waals surface area contributed by atoms with Crippen molar-refractivity contribution in [2.75, 3.05) is 17.3 Å². The Labute approximate surface area is 186 Å². The number of hydrogen-bond acceptors (Lipinski definition) is 8. The second-order valence-electron chi connectivity index (χ2n) is 8.72. The Hall–Kier alpha value is -3.50. The summed E-state index contributed by atoms with van der Waals surface area (Å²) in [7, 11) is 3.78. The van der Waals surface area contributed by atoms with Crippen molar-refractivity contribution in [1.82, 2.24) is 40.5 Å². The molecule has 0 aromatic carbocycles. The van der Waals surface area contributed by atoms with E-state index in [0.717, 1.165) is 37.3 Å². The van der Waals surface area contributed by atoms with Gasteiger partial charge in [0.25, 0.3) is 5.91 Å². The van der Waals surface area contributed by atoms with Gasteiger partial charge in [-0.2, -0.15) is 10.1 Å². The monoisotopic (exact) mass is 436 g/mol. The Morgan fingerprint density at radius 2 is 2.00 bits per heavy atom. The number of aromatic nitrogens is 7. The fourth-order valence-corrected chi connectivity index (χ4v) is 4.20. The van der Waals surface area contributed by atoms with Crippen molar-refractivity contribution >= 4 is 23.5 Å². The van der Waals surface area contributed by atoms with Crippen LogP contribution in [-0.4, -0.2) is 60.2 Å². The predicted molar refractivity (Wildman–Crippen MR) is 119 cm³/mol.